The molecule has 104 valence electrons. The molecule has 2 aromatic rings. The van der Waals surface area contributed by atoms with Gasteiger partial charge in [0.2, 0.25) is 0 Å². The van der Waals surface area contributed by atoms with E-state index in [0.717, 1.165) is 19.3 Å². The number of benzene rings is 1. The van der Waals surface area contributed by atoms with Gasteiger partial charge in [0.25, 0.3) is 10.0 Å². The van der Waals surface area contributed by atoms with E-state index in [1.54, 1.807) is 12.1 Å². The number of pyridine rings is 1. The molecule has 0 saturated heterocycles. The molecular weight excluding hydrogens is 274 g/mol. The van der Waals surface area contributed by atoms with Gasteiger partial charge in [-0.3, -0.25) is 4.72 Å². The third-order valence-electron chi connectivity index (χ3n) is 3.41. The Balaban J connectivity index is 1.93. The van der Waals surface area contributed by atoms with Crippen LogP contribution in [0.25, 0.3) is 0 Å². The third kappa shape index (κ3) is 2.34. The molecule has 1 aromatic heterocycles. The lowest BCUT2D eigenvalue weighted by atomic mass is 10.1. The summed E-state index contributed by atoms with van der Waals surface area (Å²) in [6.45, 7) is 0. The van der Waals surface area contributed by atoms with E-state index in [0.29, 0.717) is 5.69 Å². The lowest BCUT2D eigenvalue weighted by Gasteiger charge is -2.10. The van der Waals surface area contributed by atoms with Gasteiger partial charge in [0, 0.05) is 11.9 Å². The maximum atomic E-state index is 12.3. The fourth-order valence-corrected chi connectivity index (χ4v) is 3.58. The lowest BCUT2D eigenvalue weighted by Crippen LogP contribution is -2.16. The van der Waals surface area contributed by atoms with Gasteiger partial charge in [-0.2, -0.15) is 8.42 Å². The largest absolute Gasteiger partial charge is 0.396 e. The van der Waals surface area contributed by atoms with Crippen LogP contribution in [0.4, 0.5) is 11.4 Å². The summed E-state index contributed by atoms with van der Waals surface area (Å²) in [4.78, 5) is 3.84. The Bertz CT molecular complexity index is 757. The van der Waals surface area contributed by atoms with Crippen molar-refractivity contribution in [3.05, 3.63) is 47.7 Å². The van der Waals surface area contributed by atoms with Crippen LogP contribution in [0.15, 0.2) is 41.6 Å². The van der Waals surface area contributed by atoms with E-state index < -0.39 is 10.0 Å². The van der Waals surface area contributed by atoms with Crippen molar-refractivity contribution in [2.75, 3.05) is 10.5 Å². The standard InChI is InChI=1S/C14H15N3O2S/c15-13-5-2-8-16-14(13)20(18,19)17-12-7-6-10-3-1-4-11(10)9-12/h2,5-9,17H,1,3-4,15H2. The summed E-state index contributed by atoms with van der Waals surface area (Å²) in [6, 6.07) is 8.76. The zero-order valence-corrected chi connectivity index (χ0v) is 11.7. The van der Waals surface area contributed by atoms with Crippen LogP contribution < -0.4 is 10.5 Å². The van der Waals surface area contributed by atoms with Gasteiger partial charge in [-0.05, 0) is 54.7 Å². The Hall–Kier alpha value is -2.08. The Kier molecular flexibility index (Phi) is 3.10. The molecule has 0 bridgehead atoms. The first-order valence-corrected chi connectivity index (χ1v) is 7.90. The van der Waals surface area contributed by atoms with Gasteiger partial charge in [-0.15, -0.1) is 0 Å². The van der Waals surface area contributed by atoms with E-state index in [1.807, 2.05) is 12.1 Å². The predicted molar refractivity (Wildman–Crippen MR) is 77.9 cm³/mol. The van der Waals surface area contributed by atoms with Crippen molar-refractivity contribution in [2.45, 2.75) is 24.3 Å². The van der Waals surface area contributed by atoms with Crippen molar-refractivity contribution in [1.82, 2.24) is 4.98 Å². The highest BCUT2D eigenvalue weighted by Crippen LogP contribution is 2.26. The molecule has 0 atom stereocenters. The van der Waals surface area contributed by atoms with Crippen LogP contribution in [0.5, 0.6) is 0 Å². The molecule has 0 saturated carbocycles. The monoisotopic (exact) mass is 289 g/mol. The van der Waals surface area contributed by atoms with Gasteiger partial charge in [-0.25, -0.2) is 4.98 Å². The maximum absolute atomic E-state index is 12.3. The first kappa shape index (κ1) is 12.9. The van der Waals surface area contributed by atoms with E-state index in [4.69, 9.17) is 5.73 Å². The van der Waals surface area contributed by atoms with E-state index in [9.17, 15) is 8.42 Å². The van der Waals surface area contributed by atoms with E-state index in [1.165, 1.54) is 23.4 Å². The first-order chi connectivity index (χ1) is 9.56. The fourth-order valence-electron chi connectivity index (χ4n) is 2.47. The molecule has 0 aliphatic heterocycles. The number of nitrogens with zero attached hydrogens (tertiary/aromatic N) is 1. The molecule has 1 aliphatic rings. The topological polar surface area (TPSA) is 85.1 Å². The highest BCUT2D eigenvalue weighted by molar-refractivity contribution is 7.92. The Morgan fingerprint density at radius 1 is 1.15 bits per heavy atom. The smallest absolute Gasteiger partial charge is 0.281 e. The van der Waals surface area contributed by atoms with Crippen molar-refractivity contribution in [3.63, 3.8) is 0 Å². The number of sulfonamides is 1. The number of fused-ring (bicyclic) bond motifs is 1. The summed E-state index contributed by atoms with van der Waals surface area (Å²) in [5.41, 5.74) is 8.86. The number of nitrogens with one attached hydrogen (secondary N) is 1. The number of aromatic nitrogens is 1. The molecule has 6 heteroatoms. The SMILES string of the molecule is Nc1cccnc1S(=O)(=O)Nc1ccc2c(c1)CCC2. The van der Waals surface area contributed by atoms with Crippen LogP contribution in [0, 0.1) is 0 Å². The summed E-state index contributed by atoms with van der Waals surface area (Å²) in [6.07, 6.45) is 4.60. The van der Waals surface area contributed by atoms with Gasteiger partial charge < -0.3 is 5.73 Å². The summed E-state index contributed by atoms with van der Waals surface area (Å²) >= 11 is 0. The van der Waals surface area contributed by atoms with Crippen LogP contribution in [0.3, 0.4) is 0 Å². The number of nitrogen functional groups attached to an aromatic ring is 1. The summed E-state index contributed by atoms with van der Waals surface area (Å²) in [7, 11) is -3.75. The number of anilines is 2. The molecule has 0 amide bonds. The second-order valence-electron chi connectivity index (χ2n) is 4.84. The number of nitrogens with two attached hydrogens (primary N) is 1. The number of hydrogen-bond donors (Lipinski definition) is 2. The second-order valence-corrected chi connectivity index (χ2v) is 6.44. The molecule has 0 radical (unpaired) electrons. The third-order valence-corrected chi connectivity index (χ3v) is 4.76. The highest BCUT2D eigenvalue weighted by atomic mass is 32.2. The quantitative estimate of drug-likeness (QED) is 0.904. The Morgan fingerprint density at radius 3 is 2.75 bits per heavy atom. The van der Waals surface area contributed by atoms with Crippen molar-refractivity contribution in [2.24, 2.45) is 0 Å². The normalized spacial score (nSPS) is 14.0. The molecule has 3 N–H and O–H groups in total. The van der Waals surface area contributed by atoms with E-state index in [-0.39, 0.29) is 10.7 Å². The molecule has 0 unspecified atom stereocenters. The zero-order chi connectivity index (χ0) is 14.2. The minimum absolute atomic E-state index is 0.138. The molecule has 1 aromatic carbocycles. The lowest BCUT2D eigenvalue weighted by molar-refractivity contribution is 0.598. The first-order valence-electron chi connectivity index (χ1n) is 6.41. The molecule has 0 spiro atoms. The minimum Gasteiger partial charge on any atom is -0.396 e. The predicted octanol–water partition coefficient (Wildman–Crippen LogP) is 1.95. The van der Waals surface area contributed by atoms with Crippen LogP contribution in [0.2, 0.25) is 0 Å². The summed E-state index contributed by atoms with van der Waals surface area (Å²) in [5, 5.41) is -0.138. The van der Waals surface area contributed by atoms with Crippen molar-refractivity contribution < 1.29 is 8.42 Å². The van der Waals surface area contributed by atoms with E-state index >= 15 is 0 Å². The number of rotatable bonds is 3. The second kappa shape index (κ2) is 4.79. The average Bonchev–Trinajstić information content (AvgIpc) is 2.86. The van der Waals surface area contributed by atoms with Gasteiger partial charge in [-0.1, -0.05) is 6.07 Å². The average molecular weight is 289 g/mol. The van der Waals surface area contributed by atoms with Crippen LogP contribution in [-0.2, 0) is 22.9 Å². The van der Waals surface area contributed by atoms with Gasteiger partial charge in [0.05, 0.1) is 5.69 Å². The van der Waals surface area contributed by atoms with Gasteiger partial charge >= 0.3 is 0 Å². The number of hydrogen-bond acceptors (Lipinski definition) is 4. The van der Waals surface area contributed by atoms with Crippen molar-refractivity contribution in [3.8, 4) is 0 Å². The summed E-state index contributed by atoms with van der Waals surface area (Å²) < 4.78 is 27.1. The number of aryl methyl sites for hydroxylation is 2. The summed E-state index contributed by atoms with van der Waals surface area (Å²) in [5.74, 6) is 0. The molecule has 20 heavy (non-hydrogen) atoms. The molecule has 1 aliphatic carbocycles. The van der Waals surface area contributed by atoms with E-state index in [2.05, 4.69) is 9.71 Å². The Labute approximate surface area is 117 Å². The minimum atomic E-state index is -3.75. The van der Waals surface area contributed by atoms with Crippen molar-refractivity contribution >= 4 is 21.4 Å². The Morgan fingerprint density at radius 2 is 1.95 bits per heavy atom. The molecule has 1 heterocycles. The van der Waals surface area contributed by atoms with Gasteiger partial charge in [0.15, 0.2) is 5.03 Å². The van der Waals surface area contributed by atoms with Crippen LogP contribution in [0.1, 0.15) is 17.5 Å². The molecule has 5 nitrogen and oxygen atoms in total. The maximum Gasteiger partial charge on any atom is 0.281 e. The zero-order valence-electron chi connectivity index (χ0n) is 10.8. The fraction of sp³-hybridized carbons (Fsp3) is 0.214. The highest BCUT2D eigenvalue weighted by Gasteiger charge is 2.20. The molecule has 0 fully saturated rings. The van der Waals surface area contributed by atoms with Crippen molar-refractivity contribution in [1.29, 1.82) is 0 Å². The molecular formula is C14H15N3O2S. The molecule has 3 rings (SSSR count). The van der Waals surface area contributed by atoms with Crippen LogP contribution in [-0.4, -0.2) is 13.4 Å². The van der Waals surface area contributed by atoms with Crippen LogP contribution >= 0.6 is 0 Å². The van der Waals surface area contributed by atoms with Gasteiger partial charge in [0.1, 0.15) is 0 Å².